The quantitative estimate of drug-likeness (QED) is 0.528. The number of piperazine rings is 1. The first kappa shape index (κ1) is 21.8. The highest BCUT2D eigenvalue weighted by atomic mass is 32.2. The maximum Gasteiger partial charge on any atom is 0.236 e. The van der Waals surface area contributed by atoms with Crippen LogP contribution in [-0.2, 0) is 14.8 Å². The lowest BCUT2D eigenvalue weighted by molar-refractivity contribution is -0.129. The van der Waals surface area contributed by atoms with E-state index in [4.69, 9.17) is 0 Å². The zero-order chi connectivity index (χ0) is 21.7. The number of rotatable bonds is 7. The number of amides is 1. The average molecular weight is 476 g/mol. The second-order valence-electron chi connectivity index (χ2n) is 6.77. The summed E-state index contributed by atoms with van der Waals surface area (Å²) in [5.41, 5.74) is 0.825. The molecule has 0 bridgehead atoms. The van der Waals surface area contributed by atoms with Gasteiger partial charge in [-0.15, -0.1) is 16.4 Å². The Hall–Kier alpha value is -2.47. The Morgan fingerprint density at radius 3 is 2.61 bits per heavy atom. The fourth-order valence-electron chi connectivity index (χ4n) is 3.06. The average Bonchev–Trinajstić information content (AvgIpc) is 3.49. The second-order valence-corrected chi connectivity index (χ2v) is 10.5. The van der Waals surface area contributed by atoms with Crippen molar-refractivity contribution in [3.8, 4) is 10.7 Å². The van der Waals surface area contributed by atoms with Gasteiger partial charge in [0.1, 0.15) is 0 Å². The molecule has 1 aromatic carbocycles. The van der Waals surface area contributed by atoms with Crippen molar-refractivity contribution in [2.24, 2.45) is 0 Å². The van der Waals surface area contributed by atoms with Gasteiger partial charge < -0.3 is 4.90 Å². The molecule has 1 aliphatic heterocycles. The van der Waals surface area contributed by atoms with Crippen molar-refractivity contribution >= 4 is 45.1 Å². The second kappa shape index (κ2) is 9.77. The van der Waals surface area contributed by atoms with Crippen LogP contribution in [0.2, 0.25) is 0 Å². The Morgan fingerprint density at radius 1 is 1.13 bits per heavy atom. The van der Waals surface area contributed by atoms with E-state index in [0.29, 0.717) is 24.1 Å². The van der Waals surface area contributed by atoms with Gasteiger partial charge in [-0.2, -0.15) is 4.31 Å². The third kappa shape index (κ3) is 5.62. The van der Waals surface area contributed by atoms with Crippen LogP contribution in [0.4, 0.5) is 0 Å². The minimum atomic E-state index is -3.52. The molecule has 1 saturated heterocycles. The van der Waals surface area contributed by atoms with Crippen LogP contribution in [0.25, 0.3) is 16.8 Å². The van der Waals surface area contributed by atoms with E-state index in [9.17, 15) is 13.2 Å². The van der Waals surface area contributed by atoms with E-state index in [1.54, 1.807) is 22.3 Å². The Kier molecular flexibility index (Phi) is 6.86. The van der Waals surface area contributed by atoms with Crippen LogP contribution in [0, 0.1) is 0 Å². The summed E-state index contributed by atoms with van der Waals surface area (Å²) in [6, 6.07) is 13.2. The summed E-state index contributed by atoms with van der Waals surface area (Å²) in [6.07, 6.45) is 1.59. The number of hydrogen-bond acceptors (Lipinski definition) is 7. The Morgan fingerprint density at radius 2 is 1.90 bits per heavy atom. The van der Waals surface area contributed by atoms with Gasteiger partial charge in [-0.3, -0.25) is 9.89 Å². The van der Waals surface area contributed by atoms with Crippen molar-refractivity contribution in [1.82, 2.24) is 24.4 Å². The van der Waals surface area contributed by atoms with Crippen molar-refractivity contribution in [3.05, 3.63) is 58.8 Å². The van der Waals surface area contributed by atoms with Crippen LogP contribution < -0.4 is 0 Å². The Labute approximate surface area is 189 Å². The van der Waals surface area contributed by atoms with Gasteiger partial charge in [-0.1, -0.05) is 48.2 Å². The molecule has 0 aliphatic carbocycles. The van der Waals surface area contributed by atoms with Crippen LogP contribution in [-0.4, -0.2) is 70.6 Å². The topological polar surface area (TPSA) is 99.3 Å². The fourth-order valence-corrected chi connectivity index (χ4v) is 5.60. The number of H-pyrrole nitrogens is 1. The van der Waals surface area contributed by atoms with Gasteiger partial charge in [0.2, 0.25) is 21.1 Å². The number of thiophene rings is 1. The number of hydrogen-bond donors (Lipinski definition) is 1. The third-order valence-corrected chi connectivity index (χ3v) is 8.00. The highest BCUT2D eigenvalue weighted by Gasteiger charge is 2.27. The first-order chi connectivity index (χ1) is 15.0. The van der Waals surface area contributed by atoms with E-state index in [1.165, 1.54) is 21.5 Å². The zero-order valence-corrected chi connectivity index (χ0v) is 19.0. The number of benzene rings is 1. The molecule has 0 saturated carbocycles. The predicted molar refractivity (Wildman–Crippen MR) is 123 cm³/mol. The van der Waals surface area contributed by atoms with Crippen molar-refractivity contribution in [3.63, 3.8) is 0 Å². The molecule has 0 radical (unpaired) electrons. The highest BCUT2D eigenvalue weighted by Crippen LogP contribution is 2.23. The van der Waals surface area contributed by atoms with E-state index in [2.05, 4.69) is 15.2 Å². The van der Waals surface area contributed by atoms with Crippen molar-refractivity contribution in [2.45, 2.75) is 5.16 Å². The first-order valence-electron chi connectivity index (χ1n) is 9.61. The minimum absolute atomic E-state index is 0.0515. The number of carbonyl (C=O) groups is 1. The molecular formula is C20H21N5O3S3. The molecular weight excluding hydrogens is 454 g/mol. The molecule has 11 heteroatoms. The van der Waals surface area contributed by atoms with E-state index in [-0.39, 0.29) is 24.7 Å². The van der Waals surface area contributed by atoms with E-state index < -0.39 is 10.0 Å². The van der Waals surface area contributed by atoms with Crippen molar-refractivity contribution in [2.75, 3.05) is 31.9 Å². The molecule has 31 heavy (non-hydrogen) atoms. The lowest BCUT2D eigenvalue weighted by Crippen LogP contribution is -2.50. The number of sulfonamides is 1. The maximum absolute atomic E-state index is 12.6. The summed E-state index contributed by atoms with van der Waals surface area (Å²) in [5, 5.41) is 10.7. The summed E-state index contributed by atoms with van der Waals surface area (Å²) >= 11 is 2.83. The smallest absolute Gasteiger partial charge is 0.236 e. The Bertz CT molecular complexity index is 1140. The molecule has 1 aliphatic rings. The van der Waals surface area contributed by atoms with Gasteiger partial charge in [-0.25, -0.2) is 13.4 Å². The molecule has 3 aromatic rings. The number of aromatic amines is 1. The molecule has 3 heterocycles. The molecule has 1 N–H and O–H groups in total. The fraction of sp³-hybridized carbons (Fsp3) is 0.250. The van der Waals surface area contributed by atoms with Crippen LogP contribution in [0.3, 0.4) is 0 Å². The standard InChI is InChI=1S/C20H21N5O3S3/c26-18(15-30-20-21-19(22-23-20)17-7-4-13-29-17)24-9-11-25(12-10-24)31(27,28)14-8-16-5-2-1-3-6-16/h1-8,13-14H,9-12,15H2,(H,21,22,23). The molecule has 0 atom stereocenters. The molecule has 0 spiro atoms. The number of thioether (sulfide) groups is 1. The highest BCUT2D eigenvalue weighted by molar-refractivity contribution is 7.99. The zero-order valence-electron chi connectivity index (χ0n) is 16.5. The van der Waals surface area contributed by atoms with Crippen LogP contribution in [0.1, 0.15) is 5.56 Å². The largest absolute Gasteiger partial charge is 0.339 e. The molecule has 1 fully saturated rings. The lowest BCUT2D eigenvalue weighted by atomic mass is 10.2. The normalized spacial score (nSPS) is 15.5. The summed E-state index contributed by atoms with van der Waals surface area (Å²) in [4.78, 5) is 19.6. The molecule has 8 nitrogen and oxygen atoms in total. The first-order valence-corrected chi connectivity index (χ1v) is 13.0. The van der Waals surface area contributed by atoms with Crippen molar-refractivity contribution < 1.29 is 13.2 Å². The van der Waals surface area contributed by atoms with Gasteiger partial charge in [0, 0.05) is 31.6 Å². The van der Waals surface area contributed by atoms with Gasteiger partial charge in [0.05, 0.1) is 10.6 Å². The third-order valence-electron chi connectivity index (χ3n) is 4.73. The summed E-state index contributed by atoms with van der Waals surface area (Å²) in [6.45, 7) is 1.29. The lowest BCUT2D eigenvalue weighted by Gasteiger charge is -2.33. The number of aromatic nitrogens is 3. The SMILES string of the molecule is O=C(CSc1n[nH]c(-c2cccs2)n1)N1CCN(S(=O)(=O)C=Cc2ccccc2)CC1. The van der Waals surface area contributed by atoms with Crippen LogP contribution in [0.15, 0.2) is 58.4 Å². The van der Waals surface area contributed by atoms with Crippen LogP contribution >= 0.6 is 23.1 Å². The number of nitrogens with one attached hydrogen (secondary N) is 1. The van der Waals surface area contributed by atoms with Crippen LogP contribution in [0.5, 0.6) is 0 Å². The molecule has 4 rings (SSSR count). The molecule has 0 unspecified atom stereocenters. The molecule has 2 aromatic heterocycles. The molecule has 1 amide bonds. The predicted octanol–water partition coefficient (Wildman–Crippen LogP) is 2.77. The monoisotopic (exact) mass is 475 g/mol. The van der Waals surface area contributed by atoms with Crippen molar-refractivity contribution in [1.29, 1.82) is 0 Å². The van der Waals surface area contributed by atoms with Gasteiger partial charge in [-0.05, 0) is 23.1 Å². The van der Waals surface area contributed by atoms with E-state index >= 15 is 0 Å². The van der Waals surface area contributed by atoms with Gasteiger partial charge >= 0.3 is 0 Å². The van der Waals surface area contributed by atoms with E-state index in [0.717, 1.165) is 10.4 Å². The number of carbonyl (C=O) groups excluding carboxylic acids is 1. The summed E-state index contributed by atoms with van der Waals surface area (Å²) in [5.74, 6) is 0.847. The summed E-state index contributed by atoms with van der Waals surface area (Å²) in [7, 11) is -3.52. The number of nitrogens with zero attached hydrogens (tertiary/aromatic N) is 4. The summed E-state index contributed by atoms with van der Waals surface area (Å²) < 4.78 is 26.5. The maximum atomic E-state index is 12.6. The van der Waals surface area contributed by atoms with E-state index in [1.807, 2.05) is 47.8 Å². The van der Waals surface area contributed by atoms with Gasteiger partial charge in [0.15, 0.2) is 5.82 Å². The minimum Gasteiger partial charge on any atom is -0.339 e. The van der Waals surface area contributed by atoms with Gasteiger partial charge in [0.25, 0.3) is 0 Å². The Balaban J connectivity index is 1.26. The molecule has 162 valence electrons.